The van der Waals surface area contributed by atoms with Gasteiger partial charge in [-0.1, -0.05) is 18.2 Å². The van der Waals surface area contributed by atoms with E-state index in [1.807, 2.05) is 54.6 Å². The van der Waals surface area contributed by atoms with Gasteiger partial charge in [0.1, 0.15) is 19.0 Å². The maximum Gasteiger partial charge on any atom is 0.246 e. The lowest BCUT2D eigenvalue weighted by Crippen LogP contribution is -2.31. The molecule has 0 bridgehead atoms. The number of carbonyl (C=O) groups is 1. The molecule has 47 heavy (non-hydrogen) atoms. The first-order chi connectivity index (χ1) is 21.8. The fourth-order valence-electron chi connectivity index (χ4n) is 3.73. The van der Waals surface area contributed by atoms with Gasteiger partial charge in [-0.05, 0) is 94.8 Å². The van der Waals surface area contributed by atoms with Crippen LogP contribution in [0.25, 0.3) is 0 Å². The van der Waals surface area contributed by atoms with Crippen LogP contribution in [0.2, 0.25) is 0 Å². The molecule has 0 saturated heterocycles. The van der Waals surface area contributed by atoms with Gasteiger partial charge in [0.2, 0.25) is 5.91 Å². The molecule has 0 aromatic heterocycles. The molecule has 0 aliphatic carbocycles. The molecule has 0 atom stereocenters. The Hall–Kier alpha value is -2.10. The summed E-state index contributed by atoms with van der Waals surface area (Å²) in [7, 11) is 0. The Kier molecular flexibility index (Phi) is 35.2. The molecule has 15 heteroatoms. The van der Waals surface area contributed by atoms with Gasteiger partial charge in [0, 0.05) is 6.54 Å². The van der Waals surface area contributed by atoms with Crippen molar-refractivity contribution in [2.45, 2.75) is 25.7 Å². The third-order valence-corrected chi connectivity index (χ3v) is 6.09. The van der Waals surface area contributed by atoms with E-state index in [1.54, 1.807) is 0 Å². The molecule has 2 aromatic carbocycles. The van der Waals surface area contributed by atoms with Gasteiger partial charge in [-0.3, -0.25) is 4.79 Å². The Morgan fingerprint density at radius 2 is 1.06 bits per heavy atom. The van der Waals surface area contributed by atoms with Crippen LogP contribution in [0.3, 0.4) is 0 Å². The van der Waals surface area contributed by atoms with Crippen molar-refractivity contribution in [1.29, 1.82) is 0 Å². The SMILES string of the molecule is Cl.Cl.Cl.NCCCNCCCCNCCCNC(=O)COCCOCCOCCOCCOc1ccc(N=Nc2ccccc2)cc1. The van der Waals surface area contributed by atoms with Crippen molar-refractivity contribution >= 4 is 54.5 Å². The molecular weight excluding hydrogens is 671 g/mol. The maximum atomic E-state index is 11.8. The highest BCUT2D eigenvalue weighted by molar-refractivity contribution is 5.86. The zero-order valence-electron chi connectivity index (χ0n) is 27.3. The molecule has 0 aliphatic rings. The van der Waals surface area contributed by atoms with E-state index in [1.165, 1.54) is 0 Å². The van der Waals surface area contributed by atoms with Crippen LogP contribution in [0.15, 0.2) is 64.8 Å². The lowest BCUT2D eigenvalue weighted by atomic mass is 10.3. The second-order valence-corrected chi connectivity index (χ2v) is 9.82. The van der Waals surface area contributed by atoms with Crippen molar-refractivity contribution in [2.75, 3.05) is 98.7 Å². The van der Waals surface area contributed by atoms with E-state index in [0.29, 0.717) is 59.4 Å². The van der Waals surface area contributed by atoms with Gasteiger partial charge in [-0.25, -0.2) is 0 Å². The number of hydrogen-bond acceptors (Lipinski definition) is 11. The summed E-state index contributed by atoms with van der Waals surface area (Å²) in [6.07, 6.45) is 4.20. The molecule has 0 aliphatic heterocycles. The number of rotatable bonds is 29. The van der Waals surface area contributed by atoms with Crippen molar-refractivity contribution in [2.24, 2.45) is 16.0 Å². The van der Waals surface area contributed by atoms with E-state index < -0.39 is 0 Å². The van der Waals surface area contributed by atoms with Gasteiger partial charge in [-0.2, -0.15) is 10.2 Å². The molecular formula is C32H55Cl3N6O6. The van der Waals surface area contributed by atoms with E-state index in [-0.39, 0.29) is 49.7 Å². The first-order valence-electron chi connectivity index (χ1n) is 15.7. The van der Waals surface area contributed by atoms with E-state index in [9.17, 15) is 4.79 Å². The summed E-state index contributed by atoms with van der Waals surface area (Å²) in [4.78, 5) is 11.8. The number of nitrogens with one attached hydrogen (secondary N) is 3. The molecule has 0 unspecified atom stereocenters. The highest BCUT2D eigenvalue weighted by atomic mass is 35.5. The third kappa shape index (κ3) is 28.6. The van der Waals surface area contributed by atoms with Gasteiger partial charge in [0.15, 0.2) is 0 Å². The van der Waals surface area contributed by atoms with Crippen molar-refractivity contribution in [3.05, 3.63) is 54.6 Å². The minimum atomic E-state index is -0.109. The number of hydrogen-bond donors (Lipinski definition) is 4. The average molecular weight is 726 g/mol. The standard InChI is InChI=1S/C32H52N6O6.3ClH/c33-14-6-17-34-15-4-5-16-35-18-7-19-36-32(39)28-43-25-24-41-21-20-40-22-23-42-26-27-44-31-12-10-30(11-13-31)38-37-29-8-2-1-3-9-29;;;/h1-3,8-13,34-35H,4-7,14-28,33H2,(H,36,39);3*1H. The number of ether oxygens (including phenoxy) is 5. The summed E-state index contributed by atoms with van der Waals surface area (Å²) in [5, 5.41) is 18.0. The van der Waals surface area contributed by atoms with Crippen LogP contribution in [0.5, 0.6) is 5.75 Å². The second kappa shape index (κ2) is 35.2. The van der Waals surface area contributed by atoms with Crippen LogP contribution in [0, 0.1) is 0 Å². The topological polar surface area (TPSA) is 150 Å². The molecule has 0 saturated carbocycles. The number of nitrogens with zero attached hydrogens (tertiary/aromatic N) is 2. The summed E-state index contributed by atoms with van der Waals surface area (Å²) < 4.78 is 27.5. The Labute approximate surface area is 298 Å². The molecule has 0 spiro atoms. The lowest BCUT2D eigenvalue weighted by molar-refractivity contribution is -0.126. The van der Waals surface area contributed by atoms with Gasteiger partial charge >= 0.3 is 0 Å². The van der Waals surface area contributed by atoms with Crippen molar-refractivity contribution in [1.82, 2.24) is 16.0 Å². The fraction of sp³-hybridized carbons (Fsp3) is 0.594. The molecule has 0 heterocycles. The number of azo groups is 1. The Morgan fingerprint density at radius 1 is 0.574 bits per heavy atom. The van der Waals surface area contributed by atoms with Crippen LogP contribution in [0.4, 0.5) is 11.4 Å². The van der Waals surface area contributed by atoms with Gasteiger partial charge < -0.3 is 45.4 Å². The van der Waals surface area contributed by atoms with Crippen LogP contribution in [-0.4, -0.2) is 105 Å². The summed E-state index contributed by atoms with van der Waals surface area (Å²) >= 11 is 0. The highest BCUT2D eigenvalue weighted by Crippen LogP contribution is 2.21. The molecule has 1 amide bonds. The average Bonchev–Trinajstić information content (AvgIpc) is 3.05. The largest absolute Gasteiger partial charge is 0.491 e. The summed E-state index contributed by atoms with van der Waals surface area (Å²) in [5.41, 5.74) is 7.03. The number of amides is 1. The lowest BCUT2D eigenvalue weighted by Gasteiger charge is -2.09. The van der Waals surface area contributed by atoms with Crippen molar-refractivity contribution in [3.63, 3.8) is 0 Å². The first-order valence-corrected chi connectivity index (χ1v) is 15.7. The van der Waals surface area contributed by atoms with Crippen LogP contribution in [0.1, 0.15) is 25.7 Å². The van der Waals surface area contributed by atoms with E-state index in [0.717, 1.165) is 75.5 Å². The molecule has 0 radical (unpaired) electrons. The fourth-order valence-corrected chi connectivity index (χ4v) is 3.73. The maximum absolute atomic E-state index is 11.8. The highest BCUT2D eigenvalue weighted by Gasteiger charge is 2.01. The van der Waals surface area contributed by atoms with Crippen molar-refractivity contribution < 1.29 is 28.5 Å². The molecule has 2 rings (SSSR count). The molecule has 2 aromatic rings. The number of unbranched alkanes of at least 4 members (excludes halogenated alkanes) is 1. The Balaban J connectivity index is 0. The normalized spacial score (nSPS) is 10.6. The summed E-state index contributed by atoms with van der Waals surface area (Å²) in [5.74, 6) is 0.639. The minimum absolute atomic E-state index is 0. The molecule has 0 fully saturated rings. The first kappa shape index (κ1) is 47.0. The predicted molar refractivity (Wildman–Crippen MR) is 194 cm³/mol. The van der Waals surface area contributed by atoms with Crippen LogP contribution >= 0.6 is 37.2 Å². The number of benzene rings is 2. The van der Waals surface area contributed by atoms with Gasteiger partial charge in [0.05, 0.1) is 57.6 Å². The van der Waals surface area contributed by atoms with Crippen LogP contribution < -0.4 is 26.4 Å². The minimum Gasteiger partial charge on any atom is -0.491 e. The number of carbonyl (C=O) groups excluding carboxylic acids is 1. The number of nitrogens with two attached hydrogens (primary N) is 1. The zero-order chi connectivity index (χ0) is 31.2. The molecule has 12 nitrogen and oxygen atoms in total. The van der Waals surface area contributed by atoms with E-state index in [4.69, 9.17) is 29.4 Å². The smallest absolute Gasteiger partial charge is 0.246 e. The van der Waals surface area contributed by atoms with Crippen LogP contribution in [-0.2, 0) is 23.7 Å². The monoisotopic (exact) mass is 724 g/mol. The molecule has 270 valence electrons. The summed E-state index contributed by atoms with van der Waals surface area (Å²) in [6, 6.07) is 17.0. The zero-order valence-corrected chi connectivity index (χ0v) is 29.7. The van der Waals surface area contributed by atoms with E-state index >= 15 is 0 Å². The van der Waals surface area contributed by atoms with Gasteiger partial charge in [0.25, 0.3) is 0 Å². The molecule has 5 N–H and O–H groups in total. The Bertz CT molecular complexity index is 984. The predicted octanol–water partition coefficient (Wildman–Crippen LogP) is 4.63. The third-order valence-electron chi connectivity index (χ3n) is 6.09. The second-order valence-electron chi connectivity index (χ2n) is 9.82. The quantitative estimate of drug-likeness (QED) is 0.0696. The Morgan fingerprint density at radius 3 is 1.64 bits per heavy atom. The number of halogens is 3. The van der Waals surface area contributed by atoms with Crippen molar-refractivity contribution in [3.8, 4) is 5.75 Å². The van der Waals surface area contributed by atoms with Gasteiger partial charge in [-0.15, -0.1) is 37.2 Å². The summed E-state index contributed by atoms with van der Waals surface area (Å²) in [6.45, 7) is 8.88. The van der Waals surface area contributed by atoms with E-state index in [2.05, 4.69) is 26.2 Å².